The molecule has 1 saturated heterocycles. The number of hydrogen-bond acceptors (Lipinski definition) is 2. The average Bonchev–Trinajstić information content (AvgIpc) is 2.97. The highest BCUT2D eigenvalue weighted by atomic mass is 16.2. The average molecular weight is 284 g/mol. The molecular formula is C17H20N2O2. The van der Waals surface area contributed by atoms with Gasteiger partial charge in [-0.3, -0.25) is 9.59 Å². The van der Waals surface area contributed by atoms with Crippen LogP contribution in [0.2, 0.25) is 0 Å². The van der Waals surface area contributed by atoms with E-state index in [-0.39, 0.29) is 17.6 Å². The molecule has 110 valence electrons. The van der Waals surface area contributed by atoms with Gasteiger partial charge in [-0.05, 0) is 18.9 Å². The van der Waals surface area contributed by atoms with Crippen molar-refractivity contribution >= 4 is 22.6 Å². The molecule has 1 aromatic heterocycles. The maximum Gasteiger partial charge on any atom is 0.222 e. The van der Waals surface area contributed by atoms with Crippen LogP contribution in [0.5, 0.6) is 0 Å². The lowest BCUT2D eigenvalue weighted by Crippen LogP contribution is -2.39. The molecule has 3 rings (SSSR count). The second-order valence-corrected chi connectivity index (χ2v) is 5.62. The lowest BCUT2D eigenvalue weighted by molar-refractivity contribution is -0.132. The van der Waals surface area contributed by atoms with E-state index in [1.54, 1.807) is 0 Å². The van der Waals surface area contributed by atoms with Gasteiger partial charge >= 0.3 is 0 Å². The van der Waals surface area contributed by atoms with Crippen molar-refractivity contribution in [2.75, 3.05) is 13.1 Å². The molecule has 1 aromatic carbocycles. The van der Waals surface area contributed by atoms with Crippen molar-refractivity contribution in [3.05, 3.63) is 36.0 Å². The largest absolute Gasteiger partial charge is 0.360 e. The number of nitrogens with one attached hydrogen (secondary N) is 1. The maximum absolute atomic E-state index is 12.7. The van der Waals surface area contributed by atoms with Crippen LogP contribution in [0.3, 0.4) is 0 Å². The van der Waals surface area contributed by atoms with Gasteiger partial charge in [0.2, 0.25) is 5.91 Å². The van der Waals surface area contributed by atoms with Crippen molar-refractivity contribution in [2.45, 2.75) is 26.2 Å². The van der Waals surface area contributed by atoms with Crippen LogP contribution < -0.4 is 0 Å². The molecule has 1 aliphatic rings. The second kappa shape index (κ2) is 5.72. The van der Waals surface area contributed by atoms with Gasteiger partial charge in [0, 0.05) is 48.1 Å². The van der Waals surface area contributed by atoms with E-state index >= 15 is 0 Å². The molecule has 1 amide bonds. The predicted molar refractivity (Wildman–Crippen MR) is 82.2 cm³/mol. The van der Waals surface area contributed by atoms with Crippen LogP contribution in [0.15, 0.2) is 30.5 Å². The van der Waals surface area contributed by atoms with Crippen molar-refractivity contribution in [3.8, 4) is 0 Å². The molecule has 0 bridgehead atoms. The summed E-state index contributed by atoms with van der Waals surface area (Å²) in [5.74, 6) is 0.425. The third-order valence-corrected chi connectivity index (χ3v) is 4.38. The Balaban J connectivity index is 1.74. The first-order valence-electron chi connectivity index (χ1n) is 7.58. The van der Waals surface area contributed by atoms with E-state index in [2.05, 4.69) is 4.98 Å². The number of ketones is 1. The molecule has 4 nitrogen and oxygen atoms in total. The summed E-state index contributed by atoms with van der Waals surface area (Å²) in [5, 5.41) is 0.995. The number of carbonyl (C=O) groups is 2. The Bertz CT molecular complexity index is 666. The van der Waals surface area contributed by atoms with E-state index in [0.29, 0.717) is 19.5 Å². The molecule has 0 atom stereocenters. The quantitative estimate of drug-likeness (QED) is 0.881. The minimum absolute atomic E-state index is 0.0325. The highest BCUT2D eigenvalue weighted by molar-refractivity contribution is 6.08. The molecule has 0 saturated carbocycles. The molecular weight excluding hydrogens is 264 g/mol. The van der Waals surface area contributed by atoms with Gasteiger partial charge in [0.25, 0.3) is 0 Å². The smallest absolute Gasteiger partial charge is 0.222 e. The van der Waals surface area contributed by atoms with E-state index in [4.69, 9.17) is 0 Å². The number of H-pyrrole nitrogens is 1. The van der Waals surface area contributed by atoms with Crippen LogP contribution in [0.4, 0.5) is 0 Å². The minimum atomic E-state index is 0.0325. The summed E-state index contributed by atoms with van der Waals surface area (Å²) in [6, 6.07) is 7.88. The highest BCUT2D eigenvalue weighted by Crippen LogP contribution is 2.26. The lowest BCUT2D eigenvalue weighted by Gasteiger charge is -2.31. The number of rotatable bonds is 3. The van der Waals surface area contributed by atoms with E-state index in [1.807, 2.05) is 42.3 Å². The fraction of sp³-hybridized carbons (Fsp3) is 0.412. The first-order chi connectivity index (χ1) is 10.2. The van der Waals surface area contributed by atoms with Crippen LogP contribution in [0.25, 0.3) is 10.9 Å². The lowest BCUT2D eigenvalue weighted by atomic mass is 9.88. The zero-order chi connectivity index (χ0) is 14.8. The Kier molecular flexibility index (Phi) is 3.78. The zero-order valence-corrected chi connectivity index (χ0v) is 12.3. The van der Waals surface area contributed by atoms with Gasteiger partial charge in [-0.1, -0.05) is 25.1 Å². The van der Waals surface area contributed by atoms with E-state index in [9.17, 15) is 9.59 Å². The fourth-order valence-electron chi connectivity index (χ4n) is 3.11. The number of hydrogen-bond donors (Lipinski definition) is 1. The number of amides is 1. The standard InChI is InChI=1S/C17H20N2O2/c1-2-16(20)19-9-7-12(8-10-19)17(21)14-11-18-15-6-4-3-5-13(14)15/h3-6,11-12,18H,2,7-10H2,1H3. The third kappa shape index (κ3) is 2.58. The Hall–Kier alpha value is -2.10. The molecule has 1 N–H and O–H groups in total. The van der Waals surface area contributed by atoms with Crippen molar-refractivity contribution in [3.63, 3.8) is 0 Å². The topological polar surface area (TPSA) is 53.2 Å². The Morgan fingerprint density at radius 1 is 1.24 bits per heavy atom. The van der Waals surface area contributed by atoms with E-state index in [1.165, 1.54) is 0 Å². The summed E-state index contributed by atoms with van der Waals surface area (Å²) in [5.41, 5.74) is 1.78. The zero-order valence-electron chi connectivity index (χ0n) is 12.3. The van der Waals surface area contributed by atoms with E-state index in [0.717, 1.165) is 29.3 Å². The molecule has 0 spiro atoms. The number of likely N-dealkylation sites (tertiary alicyclic amines) is 1. The molecule has 4 heteroatoms. The van der Waals surface area contributed by atoms with Gasteiger partial charge < -0.3 is 9.88 Å². The highest BCUT2D eigenvalue weighted by Gasteiger charge is 2.28. The van der Waals surface area contributed by atoms with Crippen molar-refractivity contribution < 1.29 is 9.59 Å². The molecule has 2 aromatic rings. The number of benzene rings is 1. The molecule has 2 heterocycles. The SMILES string of the molecule is CCC(=O)N1CCC(C(=O)c2c[nH]c3ccccc23)CC1. The van der Waals surface area contributed by atoms with Crippen LogP contribution in [0, 0.1) is 5.92 Å². The summed E-state index contributed by atoms with van der Waals surface area (Å²) in [6.07, 6.45) is 3.89. The van der Waals surface area contributed by atoms with Crippen LogP contribution in [-0.2, 0) is 4.79 Å². The molecule has 1 fully saturated rings. The van der Waals surface area contributed by atoms with Gasteiger partial charge in [-0.15, -0.1) is 0 Å². The predicted octanol–water partition coefficient (Wildman–Crippen LogP) is 3.00. The number of nitrogens with zero attached hydrogens (tertiary/aromatic N) is 1. The molecule has 1 aliphatic heterocycles. The minimum Gasteiger partial charge on any atom is -0.360 e. The van der Waals surface area contributed by atoms with Crippen molar-refractivity contribution in [1.29, 1.82) is 0 Å². The van der Waals surface area contributed by atoms with Crippen molar-refractivity contribution in [1.82, 2.24) is 9.88 Å². The normalized spacial score (nSPS) is 16.3. The molecule has 0 aliphatic carbocycles. The summed E-state index contributed by atoms with van der Waals surface area (Å²) in [4.78, 5) is 29.4. The van der Waals surface area contributed by atoms with Gasteiger partial charge in [0.1, 0.15) is 0 Å². The molecule has 0 radical (unpaired) electrons. The van der Waals surface area contributed by atoms with Crippen LogP contribution in [-0.4, -0.2) is 34.7 Å². The number of carbonyl (C=O) groups excluding carboxylic acids is 2. The van der Waals surface area contributed by atoms with Gasteiger partial charge in [0.15, 0.2) is 5.78 Å². The second-order valence-electron chi connectivity index (χ2n) is 5.62. The van der Waals surface area contributed by atoms with E-state index < -0.39 is 0 Å². The number of Topliss-reactive ketones (excluding diaryl/α,β-unsaturated/α-hetero) is 1. The summed E-state index contributed by atoms with van der Waals surface area (Å²) >= 11 is 0. The number of aromatic amines is 1. The first-order valence-corrected chi connectivity index (χ1v) is 7.58. The van der Waals surface area contributed by atoms with Crippen molar-refractivity contribution in [2.24, 2.45) is 5.92 Å². The number of fused-ring (bicyclic) bond motifs is 1. The molecule has 21 heavy (non-hydrogen) atoms. The van der Waals surface area contributed by atoms with Gasteiger partial charge in [-0.25, -0.2) is 0 Å². The third-order valence-electron chi connectivity index (χ3n) is 4.38. The molecule has 0 unspecified atom stereocenters. The van der Waals surface area contributed by atoms with Crippen LogP contribution in [0.1, 0.15) is 36.5 Å². The maximum atomic E-state index is 12.7. The number of aromatic nitrogens is 1. The summed E-state index contributed by atoms with van der Waals surface area (Å²) < 4.78 is 0. The first kappa shape index (κ1) is 13.9. The fourth-order valence-corrected chi connectivity index (χ4v) is 3.11. The number of piperidine rings is 1. The van der Waals surface area contributed by atoms with Gasteiger partial charge in [-0.2, -0.15) is 0 Å². The summed E-state index contributed by atoms with van der Waals surface area (Å²) in [7, 11) is 0. The number of para-hydroxylation sites is 1. The summed E-state index contributed by atoms with van der Waals surface area (Å²) in [6.45, 7) is 3.28. The monoisotopic (exact) mass is 284 g/mol. The Labute approximate surface area is 124 Å². The Morgan fingerprint density at radius 3 is 2.67 bits per heavy atom. The Morgan fingerprint density at radius 2 is 1.95 bits per heavy atom. The van der Waals surface area contributed by atoms with Gasteiger partial charge in [0.05, 0.1) is 0 Å². The van der Waals surface area contributed by atoms with Crippen LogP contribution >= 0.6 is 0 Å².